The molecule has 0 bridgehead atoms. The molecule has 1 unspecified atom stereocenters. The van der Waals surface area contributed by atoms with Crippen molar-refractivity contribution >= 4 is 24.0 Å². The zero-order valence-corrected chi connectivity index (χ0v) is 21.7. The molecular formula is C30H29ClF2N4O. The SMILES string of the molecule is Cl.Fc1ccc(C2Cc3cnc(Nc4ccc(CCN5CCOCC5)cc4)nc3-c3ccccc32)cc1F. The van der Waals surface area contributed by atoms with Crippen molar-refractivity contribution in [3.05, 3.63) is 107 Å². The third-order valence-electron chi connectivity index (χ3n) is 7.26. The second-order valence-corrected chi connectivity index (χ2v) is 9.61. The summed E-state index contributed by atoms with van der Waals surface area (Å²) in [5, 5.41) is 3.33. The van der Waals surface area contributed by atoms with Crippen LogP contribution in [0.3, 0.4) is 0 Å². The Kier molecular flexibility index (Phi) is 7.98. The van der Waals surface area contributed by atoms with Crippen molar-refractivity contribution in [2.45, 2.75) is 18.8 Å². The van der Waals surface area contributed by atoms with Crippen LogP contribution in [-0.2, 0) is 17.6 Å². The van der Waals surface area contributed by atoms with E-state index in [1.54, 1.807) is 6.07 Å². The summed E-state index contributed by atoms with van der Waals surface area (Å²) in [4.78, 5) is 11.9. The Morgan fingerprint density at radius 3 is 2.53 bits per heavy atom. The normalized spacial score (nSPS) is 16.7. The second kappa shape index (κ2) is 11.6. The highest BCUT2D eigenvalue weighted by molar-refractivity contribution is 5.85. The Balaban J connectivity index is 0.00000294. The highest BCUT2D eigenvalue weighted by Crippen LogP contribution is 2.42. The van der Waals surface area contributed by atoms with Crippen LogP contribution in [0.15, 0.2) is 72.9 Å². The van der Waals surface area contributed by atoms with Gasteiger partial charge in [-0.05, 0) is 59.4 Å². The van der Waals surface area contributed by atoms with Crippen LogP contribution < -0.4 is 5.32 Å². The average Bonchev–Trinajstić information content (AvgIpc) is 2.94. The van der Waals surface area contributed by atoms with Gasteiger partial charge in [-0.2, -0.15) is 0 Å². The molecule has 2 aliphatic rings. The molecule has 8 heteroatoms. The molecule has 6 rings (SSSR count). The number of hydrogen-bond donors (Lipinski definition) is 1. The van der Waals surface area contributed by atoms with Crippen molar-refractivity contribution in [3.63, 3.8) is 0 Å². The number of nitrogens with one attached hydrogen (secondary N) is 1. The van der Waals surface area contributed by atoms with E-state index in [9.17, 15) is 8.78 Å². The molecule has 1 saturated heterocycles. The van der Waals surface area contributed by atoms with Crippen LogP contribution in [0.5, 0.6) is 0 Å². The first kappa shape index (κ1) is 26.2. The Morgan fingerprint density at radius 1 is 0.947 bits per heavy atom. The summed E-state index contributed by atoms with van der Waals surface area (Å²) in [6.07, 6.45) is 3.46. The molecule has 0 saturated carbocycles. The molecule has 196 valence electrons. The third-order valence-corrected chi connectivity index (χ3v) is 7.26. The van der Waals surface area contributed by atoms with E-state index in [1.165, 1.54) is 17.7 Å². The highest BCUT2D eigenvalue weighted by atomic mass is 35.5. The smallest absolute Gasteiger partial charge is 0.227 e. The molecular weight excluding hydrogens is 506 g/mol. The van der Waals surface area contributed by atoms with Gasteiger partial charge >= 0.3 is 0 Å². The molecule has 5 nitrogen and oxygen atoms in total. The summed E-state index contributed by atoms with van der Waals surface area (Å²) in [5.41, 5.74) is 6.86. The van der Waals surface area contributed by atoms with Crippen LogP contribution in [-0.4, -0.2) is 47.7 Å². The van der Waals surface area contributed by atoms with Crippen molar-refractivity contribution < 1.29 is 13.5 Å². The molecule has 1 aliphatic heterocycles. The number of halogens is 3. The predicted octanol–water partition coefficient (Wildman–Crippen LogP) is 6.15. The predicted molar refractivity (Wildman–Crippen MR) is 147 cm³/mol. The van der Waals surface area contributed by atoms with Crippen molar-refractivity contribution in [1.82, 2.24) is 14.9 Å². The number of aromatic nitrogens is 2. The quantitative estimate of drug-likeness (QED) is 0.321. The van der Waals surface area contributed by atoms with Crippen LogP contribution in [0.1, 0.15) is 28.2 Å². The molecule has 0 spiro atoms. The van der Waals surface area contributed by atoms with Gasteiger partial charge < -0.3 is 10.1 Å². The van der Waals surface area contributed by atoms with Crippen molar-refractivity contribution in [3.8, 4) is 11.3 Å². The lowest BCUT2D eigenvalue weighted by molar-refractivity contribution is 0.0384. The number of ether oxygens (including phenoxy) is 1. The number of fused-ring (bicyclic) bond motifs is 3. The first-order chi connectivity index (χ1) is 18.1. The maximum atomic E-state index is 14.0. The summed E-state index contributed by atoms with van der Waals surface area (Å²) >= 11 is 0. The van der Waals surface area contributed by atoms with E-state index in [2.05, 4.69) is 39.5 Å². The van der Waals surface area contributed by atoms with Gasteiger partial charge in [0.25, 0.3) is 0 Å². The zero-order chi connectivity index (χ0) is 25.2. The number of nitrogens with zero attached hydrogens (tertiary/aromatic N) is 3. The largest absolute Gasteiger partial charge is 0.379 e. The molecule has 2 heterocycles. The van der Waals surface area contributed by atoms with Gasteiger partial charge in [0, 0.05) is 43.0 Å². The molecule has 38 heavy (non-hydrogen) atoms. The lowest BCUT2D eigenvalue weighted by Crippen LogP contribution is -2.37. The summed E-state index contributed by atoms with van der Waals surface area (Å²) in [5.74, 6) is -1.23. The topological polar surface area (TPSA) is 50.3 Å². The Bertz CT molecular complexity index is 1410. The number of hydrogen-bond acceptors (Lipinski definition) is 5. The third kappa shape index (κ3) is 5.55. The maximum Gasteiger partial charge on any atom is 0.227 e. The molecule has 1 N–H and O–H groups in total. The monoisotopic (exact) mass is 534 g/mol. The minimum absolute atomic E-state index is 0. The summed E-state index contributed by atoms with van der Waals surface area (Å²) < 4.78 is 33.0. The van der Waals surface area contributed by atoms with Gasteiger partial charge in [-0.25, -0.2) is 18.7 Å². The second-order valence-electron chi connectivity index (χ2n) is 9.61. The zero-order valence-electron chi connectivity index (χ0n) is 20.9. The fourth-order valence-corrected chi connectivity index (χ4v) is 5.22. The molecule has 1 atom stereocenters. The van der Waals surface area contributed by atoms with E-state index in [0.717, 1.165) is 72.9 Å². The van der Waals surface area contributed by atoms with Gasteiger partial charge in [-0.3, -0.25) is 4.90 Å². The van der Waals surface area contributed by atoms with Gasteiger partial charge in [0.2, 0.25) is 5.95 Å². The number of morpholine rings is 1. The number of benzene rings is 3. The Labute approximate surface area is 227 Å². The summed E-state index contributed by atoms with van der Waals surface area (Å²) in [6, 6.07) is 20.6. The number of anilines is 2. The summed E-state index contributed by atoms with van der Waals surface area (Å²) in [7, 11) is 0. The van der Waals surface area contributed by atoms with E-state index >= 15 is 0 Å². The van der Waals surface area contributed by atoms with E-state index in [0.29, 0.717) is 12.4 Å². The van der Waals surface area contributed by atoms with Gasteiger partial charge in [0.1, 0.15) is 0 Å². The van der Waals surface area contributed by atoms with Crippen LogP contribution in [0.4, 0.5) is 20.4 Å². The lowest BCUT2D eigenvalue weighted by Gasteiger charge is -2.27. The Morgan fingerprint density at radius 2 is 1.74 bits per heavy atom. The molecule has 4 aromatic rings. The van der Waals surface area contributed by atoms with E-state index < -0.39 is 11.6 Å². The minimum atomic E-state index is -0.836. The van der Waals surface area contributed by atoms with Crippen LogP contribution >= 0.6 is 12.4 Å². The lowest BCUT2D eigenvalue weighted by atomic mass is 9.78. The van der Waals surface area contributed by atoms with Crippen molar-refractivity contribution in [2.24, 2.45) is 0 Å². The van der Waals surface area contributed by atoms with E-state index in [1.807, 2.05) is 30.5 Å². The maximum absolute atomic E-state index is 14.0. The Hall–Kier alpha value is -3.39. The first-order valence-electron chi connectivity index (χ1n) is 12.7. The molecule has 1 aliphatic carbocycles. The van der Waals surface area contributed by atoms with E-state index in [4.69, 9.17) is 9.72 Å². The van der Waals surface area contributed by atoms with Gasteiger partial charge in [0.05, 0.1) is 18.9 Å². The van der Waals surface area contributed by atoms with Gasteiger partial charge in [-0.15, -0.1) is 12.4 Å². The van der Waals surface area contributed by atoms with Gasteiger partial charge in [-0.1, -0.05) is 42.5 Å². The average molecular weight is 535 g/mol. The first-order valence-corrected chi connectivity index (χ1v) is 12.7. The van der Waals surface area contributed by atoms with Crippen molar-refractivity contribution in [2.75, 3.05) is 38.2 Å². The van der Waals surface area contributed by atoms with Crippen LogP contribution in [0, 0.1) is 11.6 Å². The minimum Gasteiger partial charge on any atom is -0.379 e. The fourth-order valence-electron chi connectivity index (χ4n) is 5.22. The fraction of sp³-hybridized carbons (Fsp3) is 0.267. The van der Waals surface area contributed by atoms with Crippen molar-refractivity contribution in [1.29, 1.82) is 0 Å². The van der Waals surface area contributed by atoms with Crippen LogP contribution in [0.25, 0.3) is 11.3 Å². The summed E-state index contributed by atoms with van der Waals surface area (Å²) in [6.45, 7) is 4.67. The van der Waals surface area contributed by atoms with Crippen LogP contribution in [0.2, 0.25) is 0 Å². The molecule has 3 aromatic carbocycles. The number of rotatable bonds is 6. The standard InChI is InChI=1S/C30H28F2N4O.ClH/c31-27-10-7-21(18-28(27)32)26-17-22-19-33-30(35-29(22)25-4-2-1-3-24(25)26)34-23-8-5-20(6-9-23)11-12-36-13-15-37-16-14-36;/h1-10,18-19,26H,11-17H2,(H,33,34,35);1H. The molecule has 1 aromatic heterocycles. The molecule has 0 amide bonds. The molecule has 0 radical (unpaired) electrons. The van der Waals surface area contributed by atoms with E-state index in [-0.39, 0.29) is 18.3 Å². The highest BCUT2D eigenvalue weighted by Gasteiger charge is 2.28. The van der Waals surface area contributed by atoms with Gasteiger partial charge in [0.15, 0.2) is 11.6 Å². The molecule has 1 fully saturated rings.